The Morgan fingerprint density at radius 3 is 2.74 bits per heavy atom. The average Bonchev–Trinajstić information content (AvgIpc) is 2.72. The first kappa shape index (κ1) is 13.6. The maximum Gasteiger partial charge on any atom is 0.197 e. The molecule has 0 atom stereocenters. The van der Waals surface area contributed by atoms with Crippen LogP contribution in [0.3, 0.4) is 0 Å². The van der Waals surface area contributed by atoms with Crippen LogP contribution in [0.2, 0.25) is 0 Å². The van der Waals surface area contributed by atoms with Crippen LogP contribution in [-0.4, -0.2) is 38.4 Å². The number of nitrogens with one attached hydrogen (secondary N) is 1. The number of anilines is 1. The summed E-state index contributed by atoms with van der Waals surface area (Å²) in [6, 6.07) is 0. The number of aryl methyl sites for hydroxylation is 1. The Bertz CT molecular complexity index is 570. The zero-order valence-electron chi connectivity index (χ0n) is 11.3. The molecule has 2 rings (SSSR count). The summed E-state index contributed by atoms with van der Waals surface area (Å²) in [6.45, 7) is 4.67. The van der Waals surface area contributed by atoms with E-state index in [4.69, 9.17) is 4.74 Å². The van der Waals surface area contributed by atoms with Crippen molar-refractivity contribution < 1.29 is 4.74 Å². The summed E-state index contributed by atoms with van der Waals surface area (Å²) in [5.74, 6) is 2.15. The van der Waals surface area contributed by atoms with E-state index in [0.717, 1.165) is 17.5 Å². The van der Waals surface area contributed by atoms with E-state index in [1.165, 1.54) is 18.1 Å². The fourth-order valence-corrected chi connectivity index (χ4v) is 2.37. The minimum Gasteiger partial charge on any atom is -0.490 e. The normalized spacial score (nSPS) is 10.5. The van der Waals surface area contributed by atoms with Gasteiger partial charge in [0.25, 0.3) is 0 Å². The highest BCUT2D eigenvalue weighted by atomic mass is 32.2. The monoisotopic (exact) mass is 280 g/mol. The molecule has 2 aromatic heterocycles. The van der Waals surface area contributed by atoms with Gasteiger partial charge in [0.2, 0.25) is 0 Å². The fraction of sp³-hybridized carbons (Fsp3) is 0.455. The molecule has 0 fully saturated rings. The fourth-order valence-electron chi connectivity index (χ4n) is 1.47. The van der Waals surface area contributed by atoms with Crippen LogP contribution in [0.5, 0.6) is 5.75 Å². The number of rotatable bonds is 5. The second-order valence-electron chi connectivity index (χ2n) is 3.78. The topological polar surface area (TPSA) is 77.8 Å². The summed E-state index contributed by atoms with van der Waals surface area (Å²) in [4.78, 5) is 8.41. The van der Waals surface area contributed by atoms with Crippen LogP contribution in [0.25, 0.3) is 0 Å². The predicted octanol–water partition coefficient (Wildman–Crippen LogP) is 1.51. The van der Waals surface area contributed by atoms with Gasteiger partial charge in [0.05, 0.1) is 7.11 Å². The van der Waals surface area contributed by atoms with E-state index >= 15 is 0 Å². The smallest absolute Gasteiger partial charge is 0.197 e. The molecule has 0 unspecified atom stereocenters. The van der Waals surface area contributed by atoms with E-state index in [-0.39, 0.29) is 0 Å². The van der Waals surface area contributed by atoms with Crippen molar-refractivity contribution in [1.82, 2.24) is 24.7 Å². The summed E-state index contributed by atoms with van der Waals surface area (Å²) in [5, 5.41) is 12.7. The Morgan fingerprint density at radius 1 is 1.37 bits per heavy atom. The number of hydrogen-bond donors (Lipinski definition) is 1. The molecule has 7 nitrogen and oxygen atoms in total. The molecule has 1 N–H and O–H groups in total. The molecular formula is C11H16N6OS. The van der Waals surface area contributed by atoms with Crippen molar-refractivity contribution in [2.75, 3.05) is 19.0 Å². The second-order valence-corrected chi connectivity index (χ2v) is 4.74. The zero-order valence-corrected chi connectivity index (χ0v) is 12.2. The number of methoxy groups -OCH3 is 1. The number of ether oxygens (including phenoxy) is 1. The van der Waals surface area contributed by atoms with Gasteiger partial charge in [-0.3, -0.25) is 0 Å². The standard InChI is InChI=1S/C11H16N6OS/c1-5-12-9-8(18-4)10(14-6-13-9)19-11-16-15-7(2)17(11)3/h6H,5H2,1-4H3,(H,12,13,14). The summed E-state index contributed by atoms with van der Waals surface area (Å²) < 4.78 is 7.28. The molecule has 0 bridgehead atoms. The Kier molecular flexibility index (Phi) is 4.20. The van der Waals surface area contributed by atoms with Gasteiger partial charge >= 0.3 is 0 Å². The van der Waals surface area contributed by atoms with Crippen molar-refractivity contribution in [2.45, 2.75) is 24.0 Å². The minimum atomic E-state index is 0.620. The molecule has 0 saturated heterocycles. The van der Waals surface area contributed by atoms with Crippen molar-refractivity contribution in [3.63, 3.8) is 0 Å². The van der Waals surface area contributed by atoms with Gasteiger partial charge in [-0.25, -0.2) is 9.97 Å². The van der Waals surface area contributed by atoms with Crippen LogP contribution < -0.4 is 10.1 Å². The molecule has 2 aromatic rings. The van der Waals surface area contributed by atoms with Crippen molar-refractivity contribution >= 4 is 17.6 Å². The van der Waals surface area contributed by atoms with E-state index in [2.05, 4.69) is 25.5 Å². The summed E-state index contributed by atoms with van der Waals surface area (Å²) in [5.41, 5.74) is 0. The Morgan fingerprint density at radius 2 is 2.16 bits per heavy atom. The highest BCUT2D eigenvalue weighted by Gasteiger charge is 2.16. The SMILES string of the molecule is CCNc1ncnc(Sc2nnc(C)n2C)c1OC. The predicted molar refractivity (Wildman–Crippen MR) is 72.6 cm³/mol. The van der Waals surface area contributed by atoms with E-state index in [0.29, 0.717) is 16.6 Å². The molecule has 0 saturated carbocycles. The molecule has 0 aliphatic heterocycles. The van der Waals surface area contributed by atoms with E-state index in [1.54, 1.807) is 7.11 Å². The van der Waals surface area contributed by atoms with Gasteiger partial charge in [-0.1, -0.05) is 0 Å². The number of aromatic nitrogens is 5. The quantitative estimate of drug-likeness (QED) is 0.832. The number of hydrogen-bond acceptors (Lipinski definition) is 7. The number of nitrogens with zero attached hydrogens (tertiary/aromatic N) is 5. The molecule has 0 spiro atoms. The lowest BCUT2D eigenvalue weighted by Crippen LogP contribution is -2.04. The Labute approximate surface area is 115 Å². The first-order valence-corrected chi connectivity index (χ1v) is 6.65. The highest BCUT2D eigenvalue weighted by molar-refractivity contribution is 7.99. The lowest BCUT2D eigenvalue weighted by molar-refractivity contribution is 0.400. The molecular weight excluding hydrogens is 264 g/mol. The van der Waals surface area contributed by atoms with E-state index in [9.17, 15) is 0 Å². The maximum atomic E-state index is 5.38. The summed E-state index contributed by atoms with van der Waals surface area (Å²) in [6.07, 6.45) is 1.51. The first-order valence-electron chi connectivity index (χ1n) is 5.84. The van der Waals surface area contributed by atoms with Crippen LogP contribution >= 0.6 is 11.8 Å². The van der Waals surface area contributed by atoms with Crippen molar-refractivity contribution in [1.29, 1.82) is 0 Å². The molecule has 0 radical (unpaired) electrons. The van der Waals surface area contributed by atoms with Crippen molar-refractivity contribution in [3.05, 3.63) is 12.2 Å². The molecule has 0 aliphatic rings. The van der Waals surface area contributed by atoms with E-state index in [1.807, 2.05) is 25.5 Å². The van der Waals surface area contributed by atoms with Gasteiger partial charge in [-0.15, -0.1) is 10.2 Å². The Hall–Kier alpha value is -1.83. The lowest BCUT2D eigenvalue weighted by atomic mass is 10.5. The van der Waals surface area contributed by atoms with Gasteiger partial charge in [0.1, 0.15) is 12.2 Å². The largest absolute Gasteiger partial charge is 0.490 e. The van der Waals surface area contributed by atoms with Crippen molar-refractivity contribution in [2.24, 2.45) is 7.05 Å². The molecule has 0 aliphatic carbocycles. The Balaban J connectivity index is 2.34. The minimum absolute atomic E-state index is 0.620. The van der Waals surface area contributed by atoms with Gasteiger partial charge in [0.15, 0.2) is 21.7 Å². The van der Waals surface area contributed by atoms with Crippen LogP contribution in [0.1, 0.15) is 12.7 Å². The van der Waals surface area contributed by atoms with Gasteiger partial charge in [-0.2, -0.15) is 0 Å². The van der Waals surface area contributed by atoms with Crippen LogP contribution in [0.4, 0.5) is 5.82 Å². The van der Waals surface area contributed by atoms with Gasteiger partial charge in [-0.05, 0) is 25.6 Å². The van der Waals surface area contributed by atoms with Gasteiger partial charge in [0, 0.05) is 13.6 Å². The molecule has 0 aromatic carbocycles. The molecule has 102 valence electrons. The molecule has 19 heavy (non-hydrogen) atoms. The molecule has 0 amide bonds. The highest BCUT2D eigenvalue weighted by Crippen LogP contribution is 2.35. The third-order valence-corrected chi connectivity index (χ3v) is 3.58. The van der Waals surface area contributed by atoms with Crippen molar-refractivity contribution in [3.8, 4) is 5.75 Å². The van der Waals surface area contributed by atoms with Crippen LogP contribution in [-0.2, 0) is 7.05 Å². The summed E-state index contributed by atoms with van der Waals surface area (Å²) >= 11 is 1.40. The molecule has 8 heteroatoms. The third-order valence-electron chi connectivity index (χ3n) is 2.56. The van der Waals surface area contributed by atoms with Crippen LogP contribution in [0, 0.1) is 6.92 Å². The van der Waals surface area contributed by atoms with Crippen LogP contribution in [0.15, 0.2) is 16.5 Å². The molecule has 2 heterocycles. The van der Waals surface area contributed by atoms with E-state index < -0.39 is 0 Å². The van der Waals surface area contributed by atoms with Gasteiger partial charge < -0.3 is 14.6 Å². The summed E-state index contributed by atoms with van der Waals surface area (Å²) in [7, 11) is 3.52. The lowest BCUT2D eigenvalue weighted by Gasteiger charge is -2.11. The maximum absolute atomic E-state index is 5.38. The average molecular weight is 280 g/mol. The first-order chi connectivity index (χ1) is 9.17. The third kappa shape index (κ3) is 2.78. The zero-order chi connectivity index (χ0) is 13.8. The second kappa shape index (κ2) is 5.87.